The Morgan fingerprint density at radius 3 is 2.83 bits per heavy atom. The largest absolute Gasteiger partial charge is 0.357 e. The summed E-state index contributed by atoms with van der Waals surface area (Å²) in [6.45, 7) is 1.13. The highest BCUT2D eigenvalue weighted by Gasteiger charge is 1.93. The summed E-state index contributed by atoms with van der Waals surface area (Å²) in [7, 11) is 4.07. The first-order valence-corrected chi connectivity index (χ1v) is 4.58. The lowest BCUT2D eigenvalue weighted by atomic mass is 10.1. The Labute approximate surface area is 74.6 Å². The van der Waals surface area contributed by atoms with Crippen LogP contribution in [0, 0.1) is 0 Å². The first-order chi connectivity index (χ1) is 5.83. The standard InChI is InChI=1S/C10H18N2/c1-11-7-4-3-5-10-6-8-12(2)9-10/h6,8-9,11H,3-5,7H2,1-2H3. The molecule has 1 aromatic rings. The first kappa shape index (κ1) is 9.33. The van der Waals surface area contributed by atoms with Crippen LogP contribution in [-0.4, -0.2) is 18.2 Å². The molecule has 0 aliphatic carbocycles. The van der Waals surface area contributed by atoms with Gasteiger partial charge >= 0.3 is 0 Å². The summed E-state index contributed by atoms with van der Waals surface area (Å²) in [4.78, 5) is 0. The average Bonchev–Trinajstić information content (AvgIpc) is 2.45. The van der Waals surface area contributed by atoms with Crippen LogP contribution >= 0.6 is 0 Å². The van der Waals surface area contributed by atoms with Gasteiger partial charge in [0.15, 0.2) is 0 Å². The third kappa shape index (κ3) is 3.09. The third-order valence-corrected chi connectivity index (χ3v) is 2.04. The van der Waals surface area contributed by atoms with Gasteiger partial charge in [0.25, 0.3) is 0 Å². The van der Waals surface area contributed by atoms with Crippen molar-refractivity contribution in [2.24, 2.45) is 7.05 Å². The molecular weight excluding hydrogens is 148 g/mol. The van der Waals surface area contributed by atoms with Gasteiger partial charge in [0, 0.05) is 19.4 Å². The summed E-state index contributed by atoms with van der Waals surface area (Å²) >= 11 is 0. The van der Waals surface area contributed by atoms with Crippen LogP contribution in [0.2, 0.25) is 0 Å². The van der Waals surface area contributed by atoms with E-state index >= 15 is 0 Å². The number of unbranched alkanes of at least 4 members (excludes halogenated alkanes) is 1. The molecule has 0 unspecified atom stereocenters. The molecule has 0 aromatic carbocycles. The zero-order valence-electron chi connectivity index (χ0n) is 8.01. The van der Waals surface area contributed by atoms with Gasteiger partial charge in [-0.3, -0.25) is 0 Å². The molecule has 0 aliphatic rings. The van der Waals surface area contributed by atoms with E-state index in [9.17, 15) is 0 Å². The van der Waals surface area contributed by atoms with Gasteiger partial charge in [-0.1, -0.05) is 0 Å². The van der Waals surface area contributed by atoms with Crippen LogP contribution in [0.15, 0.2) is 18.5 Å². The van der Waals surface area contributed by atoms with Crippen LogP contribution in [0.25, 0.3) is 0 Å². The maximum atomic E-state index is 3.15. The number of rotatable bonds is 5. The van der Waals surface area contributed by atoms with Crippen molar-refractivity contribution in [2.45, 2.75) is 19.3 Å². The van der Waals surface area contributed by atoms with Crippen LogP contribution in [0.3, 0.4) is 0 Å². The van der Waals surface area contributed by atoms with Gasteiger partial charge in [0.05, 0.1) is 0 Å². The van der Waals surface area contributed by atoms with E-state index in [2.05, 4.69) is 35.4 Å². The van der Waals surface area contributed by atoms with Crippen LogP contribution < -0.4 is 5.32 Å². The predicted octanol–water partition coefficient (Wildman–Crippen LogP) is 1.57. The number of nitrogens with zero attached hydrogens (tertiary/aromatic N) is 1. The Morgan fingerprint density at radius 1 is 1.42 bits per heavy atom. The molecule has 2 nitrogen and oxygen atoms in total. The van der Waals surface area contributed by atoms with Crippen LogP contribution in [0.4, 0.5) is 0 Å². The van der Waals surface area contributed by atoms with Gasteiger partial charge in [0.1, 0.15) is 0 Å². The topological polar surface area (TPSA) is 17.0 Å². The van der Waals surface area contributed by atoms with E-state index in [-0.39, 0.29) is 0 Å². The SMILES string of the molecule is CNCCCCc1ccn(C)c1. The van der Waals surface area contributed by atoms with Crippen molar-refractivity contribution in [3.05, 3.63) is 24.0 Å². The summed E-state index contributed by atoms with van der Waals surface area (Å²) in [5.41, 5.74) is 1.45. The van der Waals surface area contributed by atoms with Crippen molar-refractivity contribution >= 4 is 0 Å². The van der Waals surface area contributed by atoms with Gasteiger partial charge in [-0.05, 0) is 44.5 Å². The molecule has 1 rings (SSSR count). The molecule has 1 N–H and O–H groups in total. The second-order valence-corrected chi connectivity index (χ2v) is 3.25. The van der Waals surface area contributed by atoms with Crippen molar-refractivity contribution < 1.29 is 0 Å². The first-order valence-electron chi connectivity index (χ1n) is 4.58. The van der Waals surface area contributed by atoms with Crippen molar-refractivity contribution in [3.8, 4) is 0 Å². The molecule has 1 heterocycles. The Morgan fingerprint density at radius 2 is 2.25 bits per heavy atom. The average molecular weight is 166 g/mol. The van der Waals surface area contributed by atoms with E-state index in [1.807, 2.05) is 7.05 Å². The van der Waals surface area contributed by atoms with E-state index in [0.29, 0.717) is 0 Å². The quantitative estimate of drug-likeness (QED) is 0.657. The molecule has 0 radical (unpaired) electrons. The van der Waals surface area contributed by atoms with Crippen molar-refractivity contribution in [1.82, 2.24) is 9.88 Å². The maximum absolute atomic E-state index is 3.15. The van der Waals surface area contributed by atoms with Crippen molar-refractivity contribution in [1.29, 1.82) is 0 Å². The molecule has 0 amide bonds. The lowest BCUT2D eigenvalue weighted by Gasteiger charge is -1.97. The van der Waals surface area contributed by atoms with E-state index < -0.39 is 0 Å². The number of hydrogen-bond donors (Lipinski definition) is 1. The lowest BCUT2D eigenvalue weighted by molar-refractivity contribution is 0.676. The Bertz CT molecular complexity index is 215. The molecule has 12 heavy (non-hydrogen) atoms. The van der Waals surface area contributed by atoms with Gasteiger partial charge < -0.3 is 9.88 Å². The van der Waals surface area contributed by atoms with Gasteiger partial charge in [-0.15, -0.1) is 0 Å². The molecule has 1 aromatic heterocycles. The highest BCUT2D eigenvalue weighted by Crippen LogP contribution is 2.04. The number of aromatic nitrogens is 1. The van der Waals surface area contributed by atoms with Gasteiger partial charge in [-0.25, -0.2) is 0 Å². The molecule has 0 fully saturated rings. The lowest BCUT2D eigenvalue weighted by Crippen LogP contribution is -2.07. The summed E-state index contributed by atoms with van der Waals surface area (Å²) < 4.78 is 2.10. The van der Waals surface area contributed by atoms with E-state index in [1.165, 1.54) is 24.8 Å². The van der Waals surface area contributed by atoms with E-state index in [0.717, 1.165) is 6.54 Å². The molecule has 0 bridgehead atoms. The highest BCUT2D eigenvalue weighted by molar-refractivity contribution is 5.09. The number of hydrogen-bond acceptors (Lipinski definition) is 1. The molecule has 0 atom stereocenters. The Kier molecular flexibility index (Phi) is 3.88. The van der Waals surface area contributed by atoms with E-state index in [4.69, 9.17) is 0 Å². The summed E-state index contributed by atoms with van der Waals surface area (Å²) in [6, 6.07) is 2.19. The zero-order valence-corrected chi connectivity index (χ0v) is 8.01. The minimum atomic E-state index is 1.13. The zero-order chi connectivity index (χ0) is 8.81. The third-order valence-electron chi connectivity index (χ3n) is 2.04. The monoisotopic (exact) mass is 166 g/mol. The summed E-state index contributed by atoms with van der Waals surface area (Å²) in [5.74, 6) is 0. The molecule has 0 aliphatic heterocycles. The van der Waals surface area contributed by atoms with Crippen molar-refractivity contribution in [3.63, 3.8) is 0 Å². The minimum absolute atomic E-state index is 1.13. The van der Waals surface area contributed by atoms with E-state index in [1.54, 1.807) is 0 Å². The van der Waals surface area contributed by atoms with Gasteiger partial charge in [-0.2, -0.15) is 0 Å². The number of aryl methyl sites for hydroxylation is 2. The molecule has 0 saturated carbocycles. The second kappa shape index (κ2) is 4.99. The summed E-state index contributed by atoms with van der Waals surface area (Å²) in [5, 5.41) is 3.15. The second-order valence-electron chi connectivity index (χ2n) is 3.25. The van der Waals surface area contributed by atoms with Crippen LogP contribution in [-0.2, 0) is 13.5 Å². The minimum Gasteiger partial charge on any atom is -0.357 e. The highest BCUT2D eigenvalue weighted by atomic mass is 14.9. The fraction of sp³-hybridized carbons (Fsp3) is 0.600. The normalized spacial score (nSPS) is 10.5. The molecule has 0 saturated heterocycles. The Hall–Kier alpha value is -0.760. The predicted molar refractivity (Wildman–Crippen MR) is 52.3 cm³/mol. The van der Waals surface area contributed by atoms with Gasteiger partial charge in [0.2, 0.25) is 0 Å². The Balaban J connectivity index is 2.15. The van der Waals surface area contributed by atoms with Crippen LogP contribution in [0.5, 0.6) is 0 Å². The molecular formula is C10H18N2. The van der Waals surface area contributed by atoms with Crippen molar-refractivity contribution in [2.75, 3.05) is 13.6 Å². The summed E-state index contributed by atoms with van der Waals surface area (Å²) in [6.07, 6.45) is 8.06. The number of nitrogens with one attached hydrogen (secondary N) is 1. The maximum Gasteiger partial charge on any atom is 0.0106 e. The van der Waals surface area contributed by atoms with Crippen LogP contribution in [0.1, 0.15) is 18.4 Å². The fourth-order valence-corrected chi connectivity index (χ4v) is 1.34. The fourth-order valence-electron chi connectivity index (χ4n) is 1.34. The molecule has 2 heteroatoms. The molecule has 0 spiro atoms. The smallest absolute Gasteiger partial charge is 0.0106 e. The molecule has 68 valence electrons.